The van der Waals surface area contributed by atoms with Crippen LogP contribution in [-0.2, 0) is 19.4 Å². The highest BCUT2D eigenvalue weighted by Gasteiger charge is 2.19. The summed E-state index contributed by atoms with van der Waals surface area (Å²) in [6, 6.07) is 20.6. The van der Waals surface area contributed by atoms with E-state index in [2.05, 4.69) is 0 Å². The summed E-state index contributed by atoms with van der Waals surface area (Å²) < 4.78 is 11.6. The van der Waals surface area contributed by atoms with E-state index in [1.54, 1.807) is 19.2 Å². The molecule has 0 N–H and O–H groups in total. The molecule has 0 aliphatic carbocycles. The monoisotopic (exact) mass is 438 g/mol. The summed E-state index contributed by atoms with van der Waals surface area (Å²) in [6.45, 7) is 1.16. The van der Waals surface area contributed by atoms with Crippen LogP contribution in [0.4, 0.5) is 5.69 Å². The van der Waals surface area contributed by atoms with Gasteiger partial charge >= 0.3 is 0 Å². The third kappa shape index (κ3) is 5.22. The van der Waals surface area contributed by atoms with Crippen molar-refractivity contribution < 1.29 is 14.4 Å². The second-order valence-electron chi connectivity index (χ2n) is 7.11. The lowest BCUT2D eigenvalue weighted by Crippen LogP contribution is -2.16. The Balaban J connectivity index is 0.00000272. The molecule has 1 heterocycles. The summed E-state index contributed by atoms with van der Waals surface area (Å²) in [5.41, 5.74) is 5.32. The number of nitrogens with zero attached hydrogens (tertiary/aromatic N) is 2. The van der Waals surface area contributed by atoms with Crippen LogP contribution in [-0.4, -0.2) is 24.3 Å². The fourth-order valence-corrected chi connectivity index (χ4v) is 3.56. The number of aliphatic imine (C=N–C) groups is 1. The summed E-state index contributed by atoms with van der Waals surface area (Å²) in [5.74, 6) is 1.39. The Labute approximate surface area is 187 Å². The van der Waals surface area contributed by atoms with Crippen LogP contribution in [0, 0.1) is 10.1 Å². The van der Waals surface area contributed by atoms with Crippen molar-refractivity contribution in [3.8, 4) is 11.5 Å². The van der Waals surface area contributed by atoms with Crippen LogP contribution in [0.1, 0.15) is 22.3 Å². The standard InChI is InChI=1S/C24H22N2O4.ClH/c1-29-23-14-19-11-12-25-22(13-17-7-9-20(10-8-17)26(27)28)21(19)15-24(23)30-16-18-5-3-2-4-6-18;/h2-10,14-15H,11-13,16H2,1H3;1H. The van der Waals surface area contributed by atoms with Crippen LogP contribution in [0.15, 0.2) is 71.7 Å². The van der Waals surface area contributed by atoms with Gasteiger partial charge in [0.2, 0.25) is 0 Å². The Bertz CT molecular complexity index is 1080. The van der Waals surface area contributed by atoms with Crippen LogP contribution in [0.2, 0.25) is 0 Å². The van der Waals surface area contributed by atoms with Gasteiger partial charge in [0.05, 0.1) is 12.0 Å². The van der Waals surface area contributed by atoms with Gasteiger partial charge in [0.25, 0.3) is 5.69 Å². The van der Waals surface area contributed by atoms with Crippen LogP contribution in [0.25, 0.3) is 0 Å². The minimum atomic E-state index is -0.389. The van der Waals surface area contributed by atoms with E-state index in [1.807, 2.05) is 42.5 Å². The molecule has 0 bridgehead atoms. The number of halogens is 1. The van der Waals surface area contributed by atoms with Gasteiger partial charge in [-0.05, 0) is 35.2 Å². The fourth-order valence-electron chi connectivity index (χ4n) is 3.56. The Kier molecular flexibility index (Phi) is 7.26. The molecule has 160 valence electrons. The first-order chi connectivity index (χ1) is 14.6. The zero-order valence-electron chi connectivity index (χ0n) is 17.1. The molecule has 0 spiro atoms. The van der Waals surface area contributed by atoms with E-state index in [0.717, 1.165) is 28.8 Å². The van der Waals surface area contributed by atoms with E-state index >= 15 is 0 Å². The summed E-state index contributed by atoms with van der Waals surface area (Å²) in [6.07, 6.45) is 1.45. The van der Waals surface area contributed by atoms with Gasteiger partial charge in [-0.25, -0.2) is 0 Å². The third-order valence-corrected chi connectivity index (χ3v) is 5.14. The number of nitro benzene ring substituents is 1. The van der Waals surface area contributed by atoms with E-state index in [9.17, 15) is 10.1 Å². The predicted molar refractivity (Wildman–Crippen MR) is 123 cm³/mol. The van der Waals surface area contributed by atoms with Crippen molar-refractivity contribution in [2.24, 2.45) is 4.99 Å². The molecule has 0 unspecified atom stereocenters. The smallest absolute Gasteiger partial charge is 0.269 e. The van der Waals surface area contributed by atoms with Gasteiger partial charge in [0, 0.05) is 36.4 Å². The molecule has 1 aliphatic heterocycles. The van der Waals surface area contributed by atoms with E-state index in [1.165, 1.54) is 17.7 Å². The van der Waals surface area contributed by atoms with E-state index < -0.39 is 0 Å². The first kappa shape index (κ1) is 22.3. The Morgan fingerprint density at radius 3 is 2.42 bits per heavy atom. The lowest BCUT2D eigenvalue weighted by atomic mass is 9.93. The van der Waals surface area contributed by atoms with Crippen molar-refractivity contribution in [3.05, 3.63) is 99.1 Å². The minimum Gasteiger partial charge on any atom is -0.493 e. The molecule has 0 fully saturated rings. The maximum Gasteiger partial charge on any atom is 0.269 e. The third-order valence-electron chi connectivity index (χ3n) is 5.14. The molecule has 0 saturated heterocycles. The number of non-ortho nitro benzene ring substituents is 1. The van der Waals surface area contributed by atoms with Crippen molar-refractivity contribution in [2.75, 3.05) is 13.7 Å². The Morgan fingerprint density at radius 2 is 1.74 bits per heavy atom. The molecular weight excluding hydrogens is 416 g/mol. The normalized spacial score (nSPS) is 12.2. The second-order valence-corrected chi connectivity index (χ2v) is 7.11. The van der Waals surface area contributed by atoms with Gasteiger partial charge in [-0.2, -0.15) is 0 Å². The molecule has 6 nitrogen and oxygen atoms in total. The molecule has 31 heavy (non-hydrogen) atoms. The van der Waals surface area contributed by atoms with Crippen molar-refractivity contribution >= 4 is 23.8 Å². The van der Waals surface area contributed by atoms with Crippen LogP contribution < -0.4 is 9.47 Å². The van der Waals surface area contributed by atoms with Gasteiger partial charge in [-0.15, -0.1) is 12.4 Å². The number of ether oxygens (including phenoxy) is 2. The van der Waals surface area contributed by atoms with E-state index in [-0.39, 0.29) is 23.0 Å². The second kappa shape index (κ2) is 10.1. The zero-order chi connectivity index (χ0) is 20.9. The summed E-state index contributed by atoms with van der Waals surface area (Å²) in [7, 11) is 1.64. The van der Waals surface area contributed by atoms with Crippen molar-refractivity contribution in [1.29, 1.82) is 0 Å². The molecule has 3 aromatic rings. The van der Waals surface area contributed by atoms with Gasteiger partial charge < -0.3 is 9.47 Å². The average Bonchev–Trinajstić information content (AvgIpc) is 2.78. The maximum atomic E-state index is 10.9. The lowest BCUT2D eigenvalue weighted by molar-refractivity contribution is -0.384. The molecule has 7 heteroatoms. The molecule has 0 amide bonds. The zero-order valence-corrected chi connectivity index (χ0v) is 17.9. The van der Waals surface area contributed by atoms with Gasteiger partial charge in [0.1, 0.15) is 6.61 Å². The number of hydrogen-bond acceptors (Lipinski definition) is 5. The summed E-state index contributed by atoms with van der Waals surface area (Å²) >= 11 is 0. The first-order valence-electron chi connectivity index (χ1n) is 9.78. The highest BCUT2D eigenvalue weighted by molar-refractivity contribution is 6.04. The van der Waals surface area contributed by atoms with E-state index in [0.29, 0.717) is 31.1 Å². The number of nitro groups is 1. The number of benzene rings is 3. The van der Waals surface area contributed by atoms with Gasteiger partial charge in [-0.3, -0.25) is 15.1 Å². The highest BCUT2D eigenvalue weighted by atomic mass is 35.5. The predicted octanol–water partition coefficient (Wildman–Crippen LogP) is 5.19. The topological polar surface area (TPSA) is 74.0 Å². The van der Waals surface area contributed by atoms with Crippen molar-refractivity contribution in [1.82, 2.24) is 0 Å². The quantitative estimate of drug-likeness (QED) is 0.375. The molecule has 4 rings (SSSR count). The molecule has 0 aromatic heterocycles. The van der Waals surface area contributed by atoms with E-state index in [4.69, 9.17) is 14.5 Å². The van der Waals surface area contributed by atoms with Crippen LogP contribution >= 0.6 is 12.4 Å². The lowest BCUT2D eigenvalue weighted by Gasteiger charge is -2.20. The minimum absolute atomic E-state index is 0. The molecule has 0 radical (unpaired) electrons. The Hall–Kier alpha value is -3.38. The molecule has 3 aromatic carbocycles. The van der Waals surface area contributed by atoms with Crippen molar-refractivity contribution in [3.63, 3.8) is 0 Å². The average molecular weight is 439 g/mol. The summed E-state index contributed by atoms with van der Waals surface area (Å²) in [5, 5.41) is 10.9. The molecule has 0 atom stereocenters. The number of rotatable bonds is 7. The number of hydrogen-bond donors (Lipinski definition) is 0. The Morgan fingerprint density at radius 1 is 1.00 bits per heavy atom. The van der Waals surface area contributed by atoms with Crippen LogP contribution in [0.3, 0.4) is 0 Å². The molecule has 1 aliphatic rings. The van der Waals surface area contributed by atoms with Crippen molar-refractivity contribution in [2.45, 2.75) is 19.4 Å². The fraction of sp³-hybridized carbons (Fsp3) is 0.208. The van der Waals surface area contributed by atoms with Gasteiger partial charge in [-0.1, -0.05) is 42.5 Å². The molecular formula is C24H23ClN2O4. The number of methoxy groups -OCH3 is 1. The highest BCUT2D eigenvalue weighted by Crippen LogP contribution is 2.34. The summed E-state index contributed by atoms with van der Waals surface area (Å²) in [4.78, 5) is 15.2. The SMILES string of the molecule is COc1cc2c(cc1OCc1ccccc1)C(Cc1ccc([N+](=O)[O-])cc1)=NCC2.Cl. The molecule has 0 saturated carbocycles. The van der Waals surface area contributed by atoms with Gasteiger partial charge in [0.15, 0.2) is 11.5 Å². The first-order valence-corrected chi connectivity index (χ1v) is 9.78. The van der Waals surface area contributed by atoms with Crippen LogP contribution in [0.5, 0.6) is 11.5 Å². The maximum absolute atomic E-state index is 10.9. The number of fused-ring (bicyclic) bond motifs is 1. The largest absolute Gasteiger partial charge is 0.493 e.